The molecule has 4 fully saturated rings. The average molecular weight is 804 g/mol. The summed E-state index contributed by atoms with van der Waals surface area (Å²) in [4.78, 5) is 0. The van der Waals surface area contributed by atoms with Gasteiger partial charge in [0.1, 0.15) is 0 Å². The first-order valence-electron chi connectivity index (χ1n) is 4.18. The zero-order valence-corrected chi connectivity index (χ0v) is 34.8. The molecule has 0 amide bonds. The molecule has 4 rings (SSSR count). The Labute approximate surface area is 154 Å². The van der Waals surface area contributed by atoms with Crippen molar-refractivity contribution >= 4 is 159 Å². The predicted octanol–water partition coefficient (Wildman–Crippen LogP) is 1.29. The van der Waals surface area contributed by atoms with Crippen molar-refractivity contribution in [2.24, 2.45) is 0 Å². The quantitative estimate of drug-likeness (QED) is 0.385. The third kappa shape index (κ3) is 3.48. The molecule has 0 spiro atoms. The SMILES string of the molecule is [Ge][S][Ge]12[S][GeH]3[S][Ge]([S][GeH3])([S]1)[S][Ge]([S][GeH3])([S]3)[S]2. The number of hydrogen-bond acceptors (Lipinski definition) is 9. The van der Waals surface area contributed by atoms with Gasteiger partial charge in [0.25, 0.3) is 0 Å². The molecule has 4 saturated heterocycles. The van der Waals surface area contributed by atoms with Crippen molar-refractivity contribution in [3.63, 3.8) is 0 Å². The fourth-order valence-electron chi connectivity index (χ4n) is 1.42. The molecule has 0 aromatic heterocycles. The van der Waals surface area contributed by atoms with Crippen LogP contribution in [0.25, 0.3) is 0 Å². The van der Waals surface area contributed by atoms with Gasteiger partial charge in [0, 0.05) is 0 Å². The van der Waals surface area contributed by atoms with E-state index in [-0.39, 0.29) is 0 Å². The molecule has 4 aliphatic heterocycles. The van der Waals surface area contributed by atoms with E-state index in [1.807, 2.05) is 0 Å². The third-order valence-electron chi connectivity index (χ3n) is 2.10. The summed E-state index contributed by atoms with van der Waals surface area (Å²) in [5.41, 5.74) is 0. The molecule has 16 heavy (non-hydrogen) atoms. The monoisotopic (exact) mass is 812 g/mol. The Morgan fingerprint density at radius 2 is 1.31 bits per heavy atom. The summed E-state index contributed by atoms with van der Waals surface area (Å²) in [6, 6.07) is 0. The van der Waals surface area contributed by atoms with E-state index >= 15 is 0 Å². The summed E-state index contributed by atoms with van der Waals surface area (Å²) >= 11 is 4.61. The second-order valence-electron chi connectivity index (χ2n) is 2.96. The van der Waals surface area contributed by atoms with Gasteiger partial charge < -0.3 is 0 Å². The van der Waals surface area contributed by atoms with Crippen molar-refractivity contribution in [1.29, 1.82) is 0 Å². The molecular formula is H7Ge7S9. The minimum atomic E-state index is -1.49. The van der Waals surface area contributed by atoms with E-state index in [0.717, 1.165) is 30.7 Å². The van der Waals surface area contributed by atoms with Gasteiger partial charge in [-0.05, 0) is 0 Å². The van der Waals surface area contributed by atoms with Crippen LogP contribution in [0, 0.1) is 0 Å². The summed E-state index contributed by atoms with van der Waals surface area (Å²) in [7, 11) is 18.5. The molecule has 0 aromatic rings. The fraction of sp³-hybridized carbons (Fsp3) is 0. The maximum atomic E-state index is 2.73. The van der Waals surface area contributed by atoms with Crippen LogP contribution in [0.3, 0.4) is 0 Å². The Hall–Kier alpha value is 6.95. The van der Waals surface area contributed by atoms with E-state index in [1.165, 1.54) is 0 Å². The molecule has 0 aliphatic carbocycles. The van der Waals surface area contributed by atoms with Crippen LogP contribution in [0.5, 0.6) is 0 Å². The van der Waals surface area contributed by atoms with E-state index in [0.29, 0.717) is 0 Å². The molecule has 0 nitrogen and oxygen atoms in total. The van der Waals surface area contributed by atoms with E-state index < -0.39 is 37.0 Å². The second-order valence-corrected chi connectivity index (χ2v) is 178. The Morgan fingerprint density at radius 3 is 1.75 bits per heavy atom. The van der Waals surface area contributed by atoms with E-state index in [9.17, 15) is 0 Å². The summed E-state index contributed by atoms with van der Waals surface area (Å²) in [5, 5.41) is 0. The third-order valence-corrected chi connectivity index (χ3v) is 509. The van der Waals surface area contributed by atoms with Gasteiger partial charge >= 0.3 is 159 Å². The zero-order chi connectivity index (χ0) is 11.4. The summed E-state index contributed by atoms with van der Waals surface area (Å²) in [6.07, 6.45) is 0. The Bertz CT molecular complexity index is 251. The molecule has 4 bridgehead atoms. The average Bonchev–Trinajstić information content (AvgIpc) is 2.28. The van der Waals surface area contributed by atoms with Gasteiger partial charge in [-0.1, -0.05) is 0 Å². The van der Waals surface area contributed by atoms with Crippen molar-refractivity contribution in [2.75, 3.05) is 0 Å². The van der Waals surface area contributed by atoms with E-state index in [2.05, 4.69) is 91.1 Å². The molecule has 4 aliphatic rings. The molecule has 4 heterocycles. The van der Waals surface area contributed by atoms with Gasteiger partial charge in [-0.25, -0.2) is 0 Å². The van der Waals surface area contributed by atoms with Crippen molar-refractivity contribution in [1.82, 2.24) is 0 Å². The van der Waals surface area contributed by atoms with Crippen molar-refractivity contribution in [2.45, 2.75) is 0 Å². The van der Waals surface area contributed by atoms with Gasteiger partial charge in [0.2, 0.25) is 0 Å². The Balaban J connectivity index is 1.99. The summed E-state index contributed by atoms with van der Waals surface area (Å²) in [5.74, 6) is 0. The Kier molecular flexibility index (Phi) is 7.83. The van der Waals surface area contributed by atoms with Crippen molar-refractivity contribution < 1.29 is 0 Å². The molecule has 2 atom stereocenters. The molecule has 0 saturated carbocycles. The van der Waals surface area contributed by atoms with Crippen molar-refractivity contribution in [3.05, 3.63) is 0 Å². The standard InChI is InChI=1S/Ge7H7S9/c1-8-5-11-4-12-6(9-2,14-5)16-7(10-3,13-4)15-5/h4H,1-2H3. The molecule has 3 radical (unpaired) electrons. The van der Waals surface area contributed by atoms with E-state index in [4.69, 9.17) is 0 Å². The van der Waals surface area contributed by atoms with Gasteiger partial charge in [-0.2, -0.15) is 0 Å². The van der Waals surface area contributed by atoms with Crippen molar-refractivity contribution in [3.8, 4) is 0 Å². The molecule has 89 valence electrons. The normalized spacial score (nSPS) is 54.9. The Morgan fingerprint density at radius 1 is 0.875 bits per heavy atom. The van der Waals surface area contributed by atoms with Crippen LogP contribution in [-0.4, -0.2) is 83.1 Å². The molecule has 2 unspecified atom stereocenters. The second kappa shape index (κ2) is 7.06. The number of hydrogen-bond donors (Lipinski definition) is 0. The first kappa shape index (κ1) is 17.8. The molecule has 16 heteroatoms. The first-order chi connectivity index (χ1) is 7.59. The van der Waals surface area contributed by atoms with Crippen LogP contribution in [0.15, 0.2) is 0 Å². The molecular weight excluding hydrogens is 797 g/mol. The summed E-state index contributed by atoms with van der Waals surface area (Å²) in [6.45, 7) is 0. The van der Waals surface area contributed by atoms with Crippen LogP contribution < -0.4 is 0 Å². The first-order valence-corrected chi connectivity index (χ1v) is 65.1. The van der Waals surface area contributed by atoms with Gasteiger partial charge in [-0.3, -0.25) is 0 Å². The van der Waals surface area contributed by atoms with Gasteiger partial charge in [0.15, 0.2) is 0 Å². The summed E-state index contributed by atoms with van der Waals surface area (Å²) < 4.78 is 0. The number of rotatable bonds is 3. The minimum absolute atomic E-state index is 0.905. The fourth-order valence-corrected chi connectivity index (χ4v) is 1360. The van der Waals surface area contributed by atoms with Crippen LogP contribution in [0.2, 0.25) is 0 Å². The molecule has 0 N–H and O–H groups in total. The van der Waals surface area contributed by atoms with Crippen LogP contribution in [0.1, 0.15) is 0 Å². The van der Waals surface area contributed by atoms with Crippen LogP contribution in [-0.2, 0) is 0 Å². The van der Waals surface area contributed by atoms with Gasteiger partial charge in [0.05, 0.1) is 0 Å². The van der Waals surface area contributed by atoms with Crippen LogP contribution >= 0.6 is 75.7 Å². The molecule has 0 aromatic carbocycles. The van der Waals surface area contributed by atoms with Crippen LogP contribution in [0.4, 0.5) is 0 Å². The predicted molar refractivity (Wildman–Crippen MR) is 118 cm³/mol. The zero-order valence-electron chi connectivity index (χ0n) is 8.25. The van der Waals surface area contributed by atoms with E-state index in [1.54, 1.807) is 0 Å². The topological polar surface area (TPSA) is 0 Å². The van der Waals surface area contributed by atoms with Gasteiger partial charge in [-0.15, -0.1) is 0 Å². The maximum absolute atomic E-state index is 2.73.